The zero-order valence-electron chi connectivity index (χ0n) is 12.9. The van der Waals surface area contributed by atoms with Crippen molar-refractivity contribution < 1.29 is 0 Å². The van der Waals surface area contributed by atoms with Gasteiger partial charge in [-0.15, -0.1) is 0 Å². The molecular weight excluding hydrogens is 298 g/mol. The third-order valence-corrected chi connectivity index (χ3v) is 3.90. The van der Waals surface area contributed by atoms with E-state index >= 15 is 0 Å². The van der Waals surface area contributed by atoms with Crippen LogP contribution >= 0.6 is 15.9 Å². The Morgan fingerprint density at radius 1 is 0.895 bits per heavy atom. The zero-order chi connectivity index (χ0) is 14.4. The summed E-state index contributed by atoms with van der Waals surface area (Å²) >= 11 is 3.49. The summed E-state index contributed by atoms with van der Waals surface area (Å²) in [5.74, 6) is 1.49. The standard InChI is InChI=1S/C17H28BrN/c1-12(2)10-17(11-13(3)4)19-14(5)15-6-8-16(18)9-7-15/h6-9,12-14,17,19H,10-11H2,1-5H3. The van der Waals surface area contributed by atoms with Crippen molar-refractivity contribution in [1.82, 2.24) is 5.32 Å². The normalized spacial score (nSPS) is 13.5. The molecule has 0 bridgehead atoms. The van der Waals surface area contributed by atoms with Crippen molar-refractivity contribution >= 4 is 15.9 Å². The second kappa shape index (κ2) is 8.06. The van der Waals surface area contributed by atoms with Gasteiger partial charge >= 0.3 is 0 Å². The maximum absolute atomic E-state index is 3.80. The highest BCUT2D eigenvalue weighted by Crippen LogP contribution is 2.20. The first-order chi connectivity index (χ1) is 8.88. The van der Waals surface area contributed by atoms with E-state index in [0.717, 1.165) is 16.3 Å². The van der Waals surface area contributed by atoms with Crippen LogP contribution in [-0.2, 0) is 0 Å². The number of halogens is 1. The Labute approximate surface area is 127 Å². The fourth-order valence-corrected chi connectivity index (χ4v) is 2.84. The lowest BCUT2D eigenvalue weighted by Gasteiger charge is -2.26. The molecule has 1 unspecified atom stereocenters. The van der Waals surface area contributed by atoms with E-state index in [2.05, 4.69) is 80.1 Å². The van der Waals surface area contributed by atoms with E-state index in [1.165, 1.54) is 18.4 Å². The zero-order valence-corrected chi connectivity index (χ0v) is 14.5. The maximum Gasteiger partial charge on any atom is 0.0294 e. The summed E-state index contributed by atoms with van der Waals surface area (Å²) in [7, 11) is 0. The Balaban J connectivity index is 2.63. The summed E-state index contributed by atoms with van der Waals surface area (Å²) in [4.78, 5) is 0. The van der Waals surface area contributed by atoms with Gasteiger partial charge < -0.3 is 5.32 Å². The quantitative estimate of drug-likeness (QED) is 0.691. The van der Waals surface area contributed by atoms with Gasteiger partial charge in [-0.25, -0.2) is 0 Å². The summed E-state index contributed by atoms with van der Waals surface area (Å²) in [5, 5.41) is 3.80. The van der Waals surface area contributed by atoms with Crippen LogP contribution in [0.2, 0.25) is 0 Å². The Bertz CT molecular complexity index is 346. The van der Waals surface area contributed by atoms with Gasteiger partial charge in [0.05, 0.1) is 0 Å². The molecule has 0 amide bonds. The lowest BCUT2D eigenvalue weighted by Crippen LogP contribution is -2.33. The number of nitrogens with one attached hydrogen (secondary N) is 1. The second-order valence-electron chi connectivity index (χ2n) is 6.40. The van der Waals surface area contributed by atoms with E-state index in [9.17, 15) is 0 Å². The van der Waals surface area contributed by atoms with Gasteiger partial charge in [-0.3, -0.25) is 0 Å². The van der Waals surface area contributed by atoms with Gasteiger partial charge in [-0.05, 0) is 49.3 Å². The highest BCUT2D eigenvalue weighted by molar-refractivity contribution is 9.10. The minimum Gasteiger partial charge on any atom is -0.307 e. The molecule has 108 valence electrons. The van der Waals surface area contributed by atoms with Crippen molar-refractivity contribution in [3.05, 3.63) is 34.3 Å². The van der Waals surface area contributed by atoms with E-state index in [1.807, 2.05) is 0 Å². The van der Waals surface area contributed by atoms with Gasteiger partial charge in [0.15, 0.2) is 0 Å². The molecule has 1 rings (SSSR count). The van der Waals surface area contributed by atoms with Crippen molar-refractivity contribution in [2.45, 2.75) is 59.5 Å². The minimum atomic E-state index is 0.413. The van der Waals surface area contributed by atoms with Gasteiger partial charge in [0.2, 0.25) is 0 Å². The molecule has 0 aliphatic rings. The van der Waals surface area contributed by atoms with E-state index in [-0.39, 0.29) is 0 Å². The molecule has 2 heteroatoms. The van der Waals surface area contributed by atoms with Crippen molar-refractivity contribution in [3.8, 4) is 0 Å². The lowest BCUT2D eigenvalue weighted by atomic mass is 9.94. The monoisotopic (exact) mass is 325 g/mol. The van der Waals surface area contributed by atoms with Crippen LogP contribution in [0.3, 0.4) is 0 Å². The molecule has 1 aromatic rings. The van der Waals surface area contributed by atoms with Crippen LogP contribution in [-0.4, -0.2) is 6.04 Å². The Morgan fingerprint density at radius 3 is 1.79 bits per heavy atom. The highest BCUT2D eigenvalue weighted by Gasteiger charge is 2.16. The van der Waals surface area contributed by atoms with Crippen LogP contribution in [0.25, 0.3) is 0 Å². The van der Waals surface area contributed by atoms with Gasteiger partial charge in [0.25, 0.3) is 0 Å². The molecule has 19 heavy (non-hydrogen) atoms. The number of hydrogen-bond donors (Lipinski definition) is 1. The first-order valence-corrected chi connectivity index (χ1v) is 8.19. The van der Waals surface area contributed by atoms with E-state index in [4.69, 9.17) is 0 Å². The second-order valence-corrected chi connectivity index (χ2v) is 7.31. The number of benzene rings is 1. The summed E-state index contributed by atoms with van der Waals surface area (Å²) in [6.07, 6.45) is 2.50. The third kappa shape index (κ3) is 6.58. The largest absolute Gasteiger partial charge is 0.307 e. The topological polar surface area (TPSA) is 12.0 Å². The molecule has 0 saturated heterocycles. The average molecular weight is 326 g/mol. The van der Waals surface area contributed by atoms with Crippen LogP contribution in [0.5, 0.6) is 0 Å². The molecule has 1 aromatic carbocycles. The van der Waals surface area contributed by atoms with Crippen molar-refractivity contribution in [3.63, 3.8) is 0 Å². The molecule has 0 aromatic heterocycles. The fourth-order valence-electron chi connectivity index (χ4n) is 2.57. The lowest BCUT2D eigenvalue weighted by molar-refractivity contribution is 0.335. The molecule has 0 aliphatic heterocycles. The van der Waals surface area contributed by atoms with Gasteiger partial charge in [0, 0.05) is 16.6 Å². The number of rotatable bonds is 7. The summed E-state index contributed by atoms with van der Waals surface area (Å²) in [6.45, 7) is 11.5. The Kier molecular flexibility index (Phi) is 7.09. The van der Waals surface area contributed by atoms with Crippen LogP contribution in [0.1, 0.15) is 59.1 Å². The van der Waals surface area contributed by atoms with Crippen molar-refractivity contribution in [2.24, 2.45) is 11.8 Å². The Morgan fingerprint density at radius 2 is 1.37 bits per heavy atom. The molecule has 0 aliphatic carbocycles. The first-order valence-electron chi connectivity index (χ1n) is 7.40. The molecule has 0 saturated carbocycles. The fraction of sp³-hybridized carbons (Fsp3) is 0.647. The molecule has 1 atom stereocenters. The number of hydrogen-bond acceptors (Lipinski definition) is 1. The molecule has 0 spiro atoms. The Hall–Kier alpha value is -0.340. The average Bonchev–Trinajstić information content (AvgIpc) is 2.27. The van der Waals surface area contributed by atoms with E-state index in [1.54, 1.807) is 0 Å². The minimum absolute atomic E-state index is 0.413. The van der Waals surface area contributed by atoms with E-state index in [0.29, 0.717) is 12.1 Å². The maximum atomic E-state index is 3.80. The summed E-state index contributed by atoms with van der Waals surface area (Å²) in [6, 6.07) is 9.66. The molecule has 0 radical (unpaired) electrons. The van der Waals surface area contributed by atoms with Crippen LogP contribution in [0, 0.1) is 11.8 Å². The van der Waals surface area contributed by atoms with Crippen molar-refractivity contribution in [2.75, 3.05) is 0 Å². The van der Waals surface area contributed by atoms with Gasteiger partial charge in [-0.2, -0.15) is 0 Å². The van der Waals surface area contributed by atoms with Gasteiger partial charge in [-0.1, -0.05) is 55.8 Å². The molecular formula is C17H28BrN. The molecule has 0 fully saturated rings. The predicted molar refractivity (Wildman–Crippen MR) is 88.4 cm³/mol. The highest BCUT2D eigenvalue weighted by atomic mass is 79.9. The first kappa shape index (κ1) is 16.7. The molecule has 1 nitrogen and oxygen atoms in total. The van der Waals surface area contributed by atoms with Gasteiger partial charge in [0.1, 0.15) is 0 Å². The van der Waals surface area contributed by atoms with Crippen LogP contribution < -0.4 is 5.32 Å². The summed E-state index contributed by atoms with van der Waals surface area (Å²) < 4.78 is 1.14. The van der Waals surface area contributed by atoms with Crippen LogP contribution in [0.4, 0.5) is 0 Å². The summed E-state index contributed by atoms with van der Waals surface area (Å²) in [5.41, 5.74) is 1.36. The van der Waals surface area contributed by atoms with Crippen molar-refractivity contribution in [1.29, 1.82) is 0 Å². The molecule has 1 N–H and O–H groups in total. The smallest absolute Gasteiger partial charge is 0.0294 e. The third-order valence-electron chi connectivity index (χ3n) is 3.37. The van der Waals surface area contributed by atoms with Crippen LogP contribution in [0.15, 0.2) is 28.7 Å². The predicted octanol–water partition coefficient (Wildman–Crippen LogP) is 5.56. The SMILES string of the molecule is CC(C)CC(CC(C)C)NC(C)c1ccc(Br)cc1. The van der Waals surface area contributed by atoms with E-state index < -0.39 is 0 Å². The molecule has 0 heterocycles.